The minimum Gasteiger partial charge on any atom is -0.379 e. The van der Waals surface area contributed by atoms with Gasteiger partial charge in [-0.2, -0.15) is 0 Å². The van der Waals surface area contributed by atoms with E-state index in [1.54, 1.807) is 11.3 Å². The second kappa shape index (κ2) is 7.06. The summed E-state index contributed by atoms with van der Waals surface area (Å²) in [5, 5.41) is 3.49. The van der Waals surface area contributed by atoms with E-state index in [4.69, 9.17) is 4.74 Å². The number of ether oxygens (including phenoxy) is 1. The van der Waals surface area contributed by atoms with Crippen LogP contribution in [0.25, 0.3) is 0 Å². The Balaban J connectivity index is 1.53. The van der Waals surface area contributed by atoms with Crippen molar-refractivity contribution in [2.24, 2.45) is 0 Å². The molecule has 0 saturated carbocycles. The molecule has 1 aromatic heterocycles. The molecule has 0 radical (unpaired) electrons. The lowest BCUT2D eigenvalue weighted by Crippen LogP contribution is -2.40. The van der Waals surface area contributed by atoms with Crippen molar-refractivity contribution in [2.45, 2.75) is 13.3 Å². The Labute approximate surface area is 107 Å². The summed E-state index contributed by atoms with van der Waals surface area (Å²) in [7, 11) is 0. The molecular formula is C12H21N3OS. The van der Waals surface area contributed by atoms with Crippen LogP contribution < -0.4 is 5.32 Å². The second-order valence-electron chi connectivity index (χ2n) is 4.31. The Hall–Kier alpha value is -0.490. The van der Waals surface area contributed by atoms with Crippen LogP contribution in [0.2, 0.25) is 0 Å². The molecule has 0 bridgehead atoms. The van der Waals surface area contributed by atoms with E-state index in [0.717, 1.165) is 52.4 Å². The highest BCUT2D eigenvalue weighted by Crippen LogP contribution is 2.11. The molecule has 1 aliphatic rings. The number of aromatic nitrogens is 1. The summed E-state index contributed by atoms with van der Waals surface area (Å²) in [6.07, 6.45) is 1.10. The molecule has 96 valence electrons. The standard InChI is InChI=1S/C12H21N3OS/c1-11-12(17-10-14-11)2-3-13-4-5-15-6-8-16-9-7-15/h10,13H,2-9H2,1H3. The van der Waals surface area contributed by atoms with E-state index in [1.807, 2.05) is 5.51 Å². The van der Waals surface area contributed by atoms with Crippen LogP contribution in [0.5, 0.6) is 0 Å². The van der Waals surface area contributed by atoms with Gasteiger partial charge in [0.25, 0.3) is 0 Å². The quantitative estimate of drug-likeness (QED) is 0.767. The molecule has 1 N–H and O–H groups in total. The number of nitrogens with zero attached hydrogens (tertiary/aromatic N) is 2. The predicted octanol–water partition coefficient (Wildman–Crippen LogP) is 0.916. The molecule has 4 nitrogen and oxygen atoms in total. The Kier molecular flexibility index (Phi) is 5.38. The molecule has 0 aliphatic carbocycles. The minimum absolute atomic E-state index is 0.889. The Bertz CT molecular complexity index is 323. The summed E-state index contributed by atoms with van der Waals surface area (Å²) in [5.41, 5.74) is 3.11. The van der Waals surface area contributed by atoms with E-state index in [2.05, 4.69) is 22.1 Å². The van der Waals surface area contributed by atoms with Crippen LogP contribution in [0.4, 0.5) is 0 Å². The third-order valence-corrected chi connectivity index (χ3v) is 4.08. The maximum atomic E-state index is 5.32. The van der Waals surface area contributed by atoms with Gasteiger partial charge in [0.2, 0.25) is 0 Å². The van der Waals surface area contributed by atoms with Gasteiger partial charge in [-0.25, -0.2) is 4.98 Å². The van der Waals surface area contributed by atoms with E-state index < -0.39 is 0 Å². The van der Waals surface area contributed by atoms with Crippen molar-refractivity contribution in [3.63, 3.8) is 0 Å². The molecule has 0 spiro atoms. The molecule has 0 atom stereocenters. The zero-order valence-electron chi connectivity index (χ0n) is 10.4. The number of aryl methyl sites for hydroxylation is 1. The molecule has 0 aromatic carbocycles. The Morgan fingerprint density at radius 1 is 1.41 bits per heavy atom. The molecule has 1 fully saturated rings. The van der Waals surface area contributed by atoms with Crippen LogP contribution in [0.1, 0.15) is 10.6 Å². The minimum atomic E-state index is 0.889. The molecule has 1 saturated heterocycles. The molecule has 1 aliphatic heterocycles. The fraction of sp³-hybridized carbons (Fsp3) is 0.750. The average Bonchev–Trinajstić information content (AvgIpc) is 2.76. The van der Waals surface area contributed by atoms with Crippen LogP contribution >= 0.6 is 11.3 Å². The van der Waals surface area contributed by atoms with Gasteiger partial charge in [0.1, 0.15) is 0 Å². The number of thiazole rings is 1. The highest BCUT2D eigenvalue weighted by molar-refractivity contribution is 7.09. The van der Waals surface area contributed by atoms with Crippen LogP contribution in [0.3, 0.4) is 0 Å². The predicted molar refractivity (Wildman–Crippen MR) is 70.7 cm³/mol. The number of hydrogen-bond donors (Lipinski definition) is 1. The maximum absolute atomic E-state index is 5.32. The van der Waals surface area contributed by atoms with Gasteiger partial charge in [-0.05, 0) is 13.3 Å². The van der Waals surface area contributed by atoms with Crippen LogP contribution in [-0.4, -0.2) is 55.8 Å². The Morgan fingerprint density at radius 3 is 2.94 bits per heavy atom. The van der Waals surface area contributed by atoms with Gasteiger partial charge < -0.3 is 10.1 Å². The summed E-state index contributed by atoms with van der Waals surface area (Å²) in [6, 6.07) is 0. The fourth-order valence-electron chi connectivity index (χ4n) is 1.95. The van der Waals surface area contributed by atoms with Gasteiger partial charge >= 0.3 is 0 Å². The van der Waals surface area contributed by atoms with Gasteiger partial charge in [0.15, 0.2) is 0 Å². The summed E-state index contributed by atoms with van der Waals surface area (Å²) >= 11 is 1.76. The third-order valence-electron chi connectivity index (χ3n) is 3.08. The lowest BCUT2D eigenvalue weighted by molar-refractivity contribution is 0.0385. The van der Waals surface area contributed by atoms with Crippen LogP contribution in [0, 0.1) is 6.92 Å². The number of rotatable bonds is 6. The first kappa shape index (κ1) is 13.0. The Morgan fingerprint density at radius 2 is 2.24 bits per heavy atom. The molecule has 17 heavy (non-hydrogen) atoms. The molecular weight excluding hydrogens is 234 g/mol. The molecule has 1 aromatic rings. The topological polar surface area (TPSA) is 37.4 Å². The third kappa shape index (κ3) is 4.35. The van der Waals surface area contributed by atoms with Crippen molar-refractivity contribution >= 4 is 11.3 Å². The monoisotopic (exact) mass is 255 g/mol. The smallest absolute Gasteiger partial charge is 0.0797 e. The van der Waals surface area contributed by atoms with E-state index in [9.17, 15) is 0 Å². The van der Waals surface area contributed by atoms with E-state index in [1.165, 1.54) is 10.6 Å². The van der Waals surface area contributed by atoms with Gasteiger partial charge in [0.05, 0.1) is 24.4 Å². The highest BCUT2D eigenvalue weighted by atomic mass is 32.1. The molecule has 2 heterocycles. The van der Waals surface area contributed by atoms with Crippen molar-refractivity contribution in [2.75, 3.05) is 45.9 Å². The number of nitrogens with one attached hydrogen (secondary N) is 1. The van der Waals surface area contributed by atoms with Crippen LogP contribution in [0.15, 0.2) is 5.51 Å². The van der Waals surface area contributed by atoms with E-state index in [-0.39, 0.29) is 0 Å². The highest BCUT2D eigenvalue weighted by Gasteiger charge is 2.08. The van der Waals surface area contributed by atoms with Crippen molar-refractivity contribution < 1.29 is 4.74 Å². The van der Waals surface area contributed by atoms with Crippen LogP contribution in [-0.2, 0) is 11.2 Å². The first-order chi connectivity index (χ1) is 8.36. The zero-order chi connectivity index (χ0) is 11.9. The van der Waals surface area contributed by atoms with Crippen molar-refractivity contribution in [1.29, 1.82) is 0 Å². The summed E-state index contributed by atoms with van der Waals surface area (Å²) in [5.74, 6) is 0. The first-order valence-corrected chi connectivity index (χ1v) is 7.14. The van der Waals surface area contributed by atoms with E-state index >= 15 is 0 Å². The first-order valence-electron chi connectivity index (χ1n) is 6.26. The lowest BCUT2D eigenvalue weighted by atomic mass is 10.3. The van der Waals surface area contributed by atoms with Crippen molar-refractivity contribution in [3.8, 4) is 0 Å². The van der Waals surface area contributed by atoms with Crippen molar-refractivity contribution in [1.82, 2.24) is 15.2 Å². The summed E-state index contributed by atoms with van der Waals surface area (Å²) in [4.78, 5) is 8.12. The van der Waals surface area contributed by atoms with Gasteiger partial charge in [-0.3, -0.25) is 4.90 Å². The largest absolute Gasteiger partial charge is 0.379 e. The van der Waals surface area contributed by atoms with Gasteiger partial charge in [-0.15, -0.1) is 11.3 Å². The SMILES string of the molecule is Cc1ncsc1CCNCCN1CCOCC1. The molecule has 0 unspecified atom stereocenters. The maximum Gasteiger partial charge on any atom is 0.0797 e. The van der Waals surface area contributed by atoms with Crippen molar-refractivity contribution in [3.05, 3.63) is 16.1 Å². The number of morpholine rings is 1. The molecule has 0 amide bonds. The second-order valence-corrected chi connectivity index (χ2v) is 5.25. The molecule has 5 heteroatoms. The number of hydrogen-bond acceptors (Lipinski definition) is 5. The fourth-order valence-corrected chi connectivity index (χ4v) is 2.74. The normalized spacial score (nSPS) is 17.5. The summed E-state index contributed by atoms with van der Waals surface area (Å²) < 4.78 is 5.32. The molecule has 2 rings (SSSR count). The lowest BCUT2D eigenvalue weighted by Gasteiger charge is -2.26. The van der Waals surface area contributed by atoms with Gasteiger partial charge in [0, 0.05) is 37.6 Å². The van der Waals surface area contributed by atoms with E-state index in [0.29, 0.717) is 0 Å². The zero-order valence-corrected chi connectivity index (χ0v) is 11.3. The average molecular weight is 255 g/mol. The summed E-state index contributed by atoms with van der Waals surface area (Å²) in [6.45, 7) is 9.27. The van der Waals surface area contributed by atoms with Gasteiger partial charge in [-0.1, -0.05) is 0 Å².